The van der Waals surface area contributed by atoms with Crippen molar-refractivity contribution in [3.63, 3.8) is 0 Å². The fraction of sp³-hybridized carbons (Fsp3) is 0. The van der Waals surface area contributed by atoms with Crippen LogP contribution in [0.5, 0.6) is 0 Å². The molecule has 0 atom stereocenters. The fourth-order valence-corrected chi connectivity index (χ4v) is 4.18. The monoisotopic (exact) mass is 371 g/mol. The molecule has 1 aromatic carbocycles. The second-order valence-corrected chi connectivity index (χ2v) is 7.58. The van der Waals surface area contributed by atoms with Crippen molar-refractivity contribution in [3.05, 3.63) is 64.1 Å². The number of hydrogen-bond donors (Lipinski definition) is 1. The van der Waals surface area contributed by atoms with E-state index < -0.39 is 0 Å². The Bertz CT molecular complexity index is 1040. The standard InChI is InChI=1S/C17H10ClN3OS2/c18-15-6-5-14(24-15)17-21-13(9-23-17)16(22)20-11-3-4-12-10(8-11)2-1-7-19-12/h1-9H,(H,20,22). The highest BCUT2D eigenvalue weighted by Crippen LogP contribution is 2.33. The van der Waals surface area contributed by atoms with Crippen LogP contribution in [0.25, 0.3) is 20.8 Å². The Hall–Kier alpha value is -2.28. The van der Waals surface area contributed by atoms with Crippen molar-refractivity contribution < 1.29 is 4.79 Å². The van der Waals surface area contributed by atoms with E-state index in [2.05, 4.69) is 15.3 Å². The summed E-state index contributed by atoms with van der Waals surface area (Å²) in [4.78, 5) is 22.0. The number of halogens is 1. The maximum atomic E-state index is 12.4. The van der Waals surface area contributed by atoms with E-state index >= 15 is 0 Å². The lowest BCUT2D eigenvalue weighted by atomic mass is 10.2. The van der Waals surface area contributed by atoms with Crippen LogP contribution in [0.3, 0.4) is 0 Å². The van der Waals surface area contributed by atoms with E-state index in [9.17, 15) is 4.79 Å². The zero-order chi connectivity index (χ0) is 16.5. The van der Waals surface area contributed by atoms with Crippen molar-refractivity contribution in [1.82, 2.24) is 9.97 Å². The Balaban J connectivity index is 1.56. The first-order valence-corrected chi connectivity index (χ1v) is 9.14. The third-order valence-corrected chi connectivity index (χ3v) is 5.62. The Morgan fingerprint density at radius 3 is 2.92 bits per heavy atom. The third-order valence-electron chi connectivity index (χ3n) is 3.38. The summed E-state index contributed by atoms with van der Waals surface area (Å²) in [6.07, 6.45) is 1.74. The van der Waals surface area contributed by atoms with Crippen LogP contribution in [-0.4, -0.2) is 15.9 Å². The smallest absolute Gasteiger partial charge is 0.275 e. The molecule has 4 rings (SSSR count). The molecular formula is C17H10ClN3OS2. The first-order chi connectivity index (χ1) is 11.7. The molecule has 4 aromatic rings. The number of hydrogen-bond acceptors (Lipinski definition) is 5. The molecular weight excluding hydrogens is 362 g/mol. The van der Waals surface area contributed by atoms with Gasteiger partial charge < -0.3 is 5.32 Å². The Morgan fingerprint density at radius 1 is 1.17 bits per heavy atom. The second kappa shape index (κ2) is 6.32. The number of thiazole rings is 1. The highest BCUT2D eigenvalue weighted by molar-refractivity contribution is 7.23. The molecule has 0 saturated heterocycles. The molecule has 7 heteroatoms. The average molecular weight is 372 g/mol. The van der Waals surface area contributed by atoms with Gasteiger partial charge in [-0.2, -0.15) is 0 Å². The summed E-state index contributed by atoms with van der Waals surface area (Å²) in [5, 5.41) is 6.39. The summed E-state index contributed by atoms with van der Waals surface area (Å²) >= 11 is 8.82. The van der Waals surface area contributed by atoms with Gasteiger partial charge in [0, 0.05) is 22.7 Å². The molecule has 0 bridgehead atoms. The van der Waals surface area contributed by atoms with Gasteiger partial charge in [0.05, 0.1) is 14.7 Å². The zero-order valence-electron chi connectivity index (χ0n) is 12.2. The first kappa shape index (κ1) is 15.3. The van der Waals surface area contributed by atoms with Crippen LogP contribution in [0.15, 0.2) is 54.0 Å². The molecule has 1 amide bonds. The fourth-order valence-electron chi connectivity index (χ4n) is 2.27. The van der Waals surface area contributed by atoms with Crippen LogP contribution < -0.4 is 5.32 Å². The molecule has 3 aromatic heterocycles. The van der Waals surface area contributed by atoms with Gasteiger partial charge in [-0.25, -0.2) is 4.98 Å². The SMILES string of the molecule is O=C(Nc1ccc2ncccc2c1)c1csc(-c2ccc(Cl)s2)n1. The predicted molar refractivity (Wildman–Crippen MR) is 100 cm³/mol. The van der Waals surface area contributed by atoms with Crippen molar-refractivity contribution in [2.75, 3.05) is 5.32 Å². The van der Waals surface area contributed by atoms with Gasteiger partial charge in [-0.1, -0.05) is 17.7 Å². The van der Waals surface area contributed by atoms with Gasteiger partial charge in [-0.15, -0.1) is 22.7 Å². The third kappa shape index (κ3) is 3.03. The van der Waals surface area contributed by atoms with Crippen LogP contribution in [0, 0.1) is 0 Å². The predicted octanol–water partition coefficient (Wildman–Crippen LogP) is 5.33. The van der Waals surface area contributed by atoms with Crippen molar-refractivity contribution >= 4 is 56.8 Å². The van der Waals surface area contributed by atoms with Gasteiger partial charge in [-0.3, -0.25) is 9.78 Å². The maximum Gasteiger partial charge on any atom is 0.275 e. The van der Waals surface area contributed by atoms with Gasteiger partial charge in [0.1, 0.15) is 10.7 Å². The van der Waals surface area contributed by atoms with E-state index in [0.29, 0.717) is 15.7 Å². The van der Waals surface area contributed by atoms with E-state index in [1.807, 2.05) is 42.5 Å². The molecule has 0 aliphatic carbocycles. The largest absolute Gasteiger partial charge is 0.321 e. The van der Waals surface area contributed by atoms with E-state index in [1.54, 1.807) is 11.6 Å². The summed E-state index contributed by atoms with van der Waals surface area (Å²) in [5.74, 6) is -0.233. The number of carbonyl (C=O) groups is 1. The number of nitrogens with one attached hydrogen (secondary N) is 1. The number of fused-ring (bicyclic) bond motifs is 1. The minimum absolute atomic E-state index is 0.233. The Labute approximate surface area is 150 Å². The normalized spacial score (nSPS) is 10.9. The summed E-state index contributed by atoms with van der Waals surface area (Å²) < 4.78 is 0.705. The molecule has 0 spiro atoms. The van der Waals surface area contributed by atoms with Crippen LogP contribution in [-0.2, 0) is 0 Å². The topological polar surface area (TPSA) is 54.9 Å². The molecule has 3 heterocycles. The van der Waals surface area contributed by atoms with Gasteiger partial charge in [0.25, 0.3) is 5.91 Å². The molecule has 0 aliphatic heterocycles. The number of pyridine rings is 1. The molecule has 0 aliphatic rings. The molecule has 0 saturated carbocycles. The molecule has 118 valence electrons. The number of benzene rings is 1. The van der Waals surface area contributed by atoms with Crippen molar-refractivity contribution in [2.24, 2.45) is 0 Å². The lowest BCUT2D eigenvalue weighted by Crippen LogP contribution is -2.12. The van der Waals surface area contributed by atoms with Gasteiger partial charge in [0.2, 0.25) is 0 Å². The highest BCUT2D eigenvalue weighted by Gasteiger charge is 2.13. The van der Waals surface area contributed by atoms with Crippen molar-refractivity contribution in [3.8, 4) is 9.88 Å². The molecule has 1 N–H and O–H groups in total. The van der Waals surface area contributed by atoms with Crippen LogP contribution in [0.2, 0.25) is 4.34 Å². The van der Waals surface area contributed by atoms with Gasteiger partial charge in [0.15, 0.2) is 0 Å². The van der Waals surface area contributed by atoms with E-state index in [0.717, 1.165) is 20.8 Å². The van der Waals surface area contributed by atoms with Crippen LogP contribution >= 0.6 is 34.3 Å². The van der Waals surface area contributed by atoms with Gasteiger partial charge >= 0.3 is 0 Å². The Morgan fingerprint density at radius 2 is 2.08 bits per heavy atom. The van der Waals surface area contributed by atoms with E-state index in [4.69, 9.17) is 11.6 Å². The Kier molecular flexibility index (Phi) is 4.02. The minimum Gasteiger partial charge on any atom is -0.321 e. The molecule has 0 fully saturated rings. The summed E-state index contributed by atoms with van der Waals surface area (Å²) in [6, 6.07) is 13.2. The number of thiophene rings is 1. The maximum absolute atomic E-state index is 12.4. The lowest BCUT2D eigenvalue weighted by Gasteiger charge is -2.04. The summed E-state index contributed by atoms with van der Waals surface area (Å²) in [6.45, 7) is 0. The number of anilines is 1. The average Bonchev–Trinajstić information content (AvgIpc) is 3.23. The number of nitrogens with zero attached hydrogens (tertiary/aromatic N) is 2. The highest BCUT2D eigenvalue weighted by atomic mass is 35.5. The molecule has 0 unspecified atom stereocenters. The van der Waals surface area contributed by atoms with Crippen LogP contribution in [0.1, 0.15) is 10.5 Å². The number of rotatable bonds is 3. The number of aromatic nitrogens is 2. The first-order valence-electron chi connectivity index (χ1n) is 7.06. The summed E-state index contributed by atoms with van der Waals surface area (Å²) in [5.41, 5.74) is 2.00. The summed E-state index contributed by atoms with van der Waals surface area (Å²) in [7, 11) is 0. The molecule has 4 nitrogen and oxygen atoms in total. The zero-order valence-corrected chi connectivity index (χ0v) is 14.6. The lowest BCUT2D eigenvalue weighted by molar-refractivity contribution is 0.102. The molecule has 0 radical (unpaired) electrons. The van der Waals surface area contributed by atoms with E-state index in [1.165, 1.54) is 22.7 Å². The second-order valence-electron chi connectivity index (χ2n) is 5.01. The van der Waals surface area contributed by atoms with E-state index in [-0.39, 0.29) is 5.91 Å². The molecule has 24 heavy (non-hydrogen) atoms. The number of amides is 1. The minimum atomic E-state index is -0.233. The van der Waals surface area contributed by atoms with Gasteiger partial charge in [-0.05, 0) is 36.4 Å². The van der Waals surface area contributed by atoms with Crippen molar-refractivity contribution in [1.29, 1.82) is 0 Å². The van der Waals surface area contributed by atoms with Crippen LogP contribution in [0.4, 0.5) is 5.69 Å². The quantitative estimate of drug-likeness (QED) is 0.529. The van der Waals surface area contributed by atoms with Crippen molar-refractivity contribution in [2.45, 2.75) is 0 Å². The number of carbonyl (C=O) groups excluding carboxylic acids is 1.